The van der Waals surface area contributed by atoms with Crippen LogP contribution >= 0.6 is 0 Å². The van der Waals surface area contributed by atoms with Gasteiger partial charge >= 0.3 is 0 Å². The molecule has 110 valence electrons. The van der Waals surface area contributed by atoms with E-state index in [2.05, 4.69) is 65.1 Å². The molecule has 0 aliphatic rings. The van der Waals surface area contributed by atoms with Gasteiger partial charge in [-0.2, -0.15) is 0 Å². The van der Waals surface area contributed by atoms with Gasteiger partial charge in [-0.05, 0) is 17.9 Å². The maximum absolute atomic E-state index is 6.26. The van der Waals surface area contributed by atoms with Crippen LogP contribution in [0.4, 0.5) is 0 Å². The van der Waals surface area contributed by atoms with E-state index < -0.39 is 0 Å². The maximum Gasteiger partial charge on any atom is 0.138 e. The van der Waals surface area contributed by atoms with Crippen LogP contribution in [0.15, 0.2) is 22.6 Å². The Morgan fingerprint density at radius 3 is 2.45 bits per heavy atom. The van der Waals surface area contributed by atoms with Crippen molar-refractivity contribution < 1.29 is 4.42 Å². The molecule has 1 aromatic heterocycles. The van der Waals surface area contributed by atoms with Crippen molar-refractivity contribution in [2.75, 3.05) is 6.54 Å². The quantitative estimate of drug-likeness (QED) is 0.851. The average molecular weight is 273 g/mol. The Morgan fingerprint density at radius 2 is 1.90 bits per heavy atom. The van der Waals surface area contributed by atoms with Gasteiger partial charge in [0.05, 0.1) is 6.54 Å². The summed E-state index contributed by atoms with van der Waals surface area (Å²) in [7, 11) is 0. The third-order valence-corrected chi connectivity index (χ3v) is 3.75. The van der Waals surface area contributed by atoms with Gasteiger partial charge in [-0.15, -0.1) is 0 Å². The fourth-order valence-electron chi connectivity index (χ4n) is 2.78. The molecule has 2 rings (SSSR count). The molecule has 0 aliphatic heterocycles. The number of nitrogens with one attached hydrogen (secondary N) is 1. The molecule has 0 radical (unpaired) electrons. The second-order valence-electron chi connectivity index (χ2n) is 6.81. The molecular formula is C18H27NO. The Kier molecular flexibility index (Phi) is 4.24. The molecule has 0 saturated heterocycles. The van der Waals surface area contributed by atoms with Gasteiger partial charge in [-0.1, -0.05) is 59.7 Å². The van der Waals surface area contributed by atoms with E-state index in [-0.39, 0.29) is 5.41 Å². The van der Waals surface area contributed by atoms with Crippen molar-refractivity contribution in [1.29, 1.82) is 0 Å². The van der Waals surface area contributed by atoms with Crippen LogP contribution < -0.4 is 5.32 Å². The number of hydrogen-bond acceptors (Lipinski definition) is 2. The maximum atomic E-state index is 6.26. The Bertz CT molecular complexity index is 587. The summed E-state index contributed by atoms with van der Waals surface area (Å²) in [6.45, 7) is 15.1. The first-order chi connectivity index (χ1) is 9.36. The molecule has 0 fully saturated rings. The summed E-state index contributed by atoms with van der Waals surface area (Å²) in [5.74, 6) is 1.56. The number of para-hydroxylation sites is 1. The third kappa shape index (κ3) is 2.76. The zero-order valence-electron chi connectivity index (χ0n) is 13.6. The normalized spacial score (nSPS) is 12.6. The number of fused-ring (bicyclic) bond motifs is 1. The molecule has 1 N–H and O–H groups in total. The van der Waals surface area contributed by atoms with Crippen molar-refractivity contribution in [3.05, 3.63) is 35.1 Å². The first-order valence-corrected chi connectivity index (χ1v) is 7.61. The lowest BCUT2D eigenvalue weighted by Gasteiger charge is -2.19. The van der Waals surface area contributed by atoms with E-state index in [4.69, 9.17) is 4.42 Å². The molecule has 0 spiro atoms. The van der Waals surface area contributed by atoms with Gasteiger partial charge in [0.2, 0.25) is 0 Å². The summed E-state index contributed by atoms with van der Waals surface area (Å²) in [6, 6.07) is 6.53. The van der Waals surface area contributed by atoms with E-state index in [1.807, 2.05) is 0 Å². The smallest absolute Gasteiger partial charge is 0.138 e. The minimum Gasteiger partial charge on any atom is -0.459 e. The van der Waals surface area contributed by atoms with Crippen LogP contribution in [-0.2, 0) is 12.0 Å². The lowest BCUT2D eigenvalue weighted by Crippen LogP contribution is -2.12. The molecule has 1 heterocycles. The van der Waals surface area contributed by atoms with Crippen molar-refractivity contribution in [3.63, 3.8) is 0 Å². The molecule has 2 nitrogen and oxygen atoms in total. The highest BCUT2D eigenvalue weighted by molar-refractivity contribution is 5.86. The summed E-state index contributed by atoms with van der Waals surface area (Å²) >= 11 is 0. The summed E-state index contributed by atoms with van der Waals surface area (Å²) in [6.07, 6.45) is 0. The van der Waals surface area contributed by atoms with Crippen LogP contribution in [0.1, 0.15) is 64.3 Å². The van der Waals surface area contributed by atoms with Gasteiger partial charge in [0.25, 0.3) is 0 Å². The van der Waals surface area contributed by atoms with E-state index in [1.54, 1.807) is 0 Å². The van der Waals surface area contributed by atoms with E-state index in [1.165, 1.54) is 16.5 Å². The third-order valence-electron chi connectivity index (χ3n) is 3.75. The summed E-state index contributed by atoms with van der Waals surface area (Å²) in [5, 5.41) is 4.66. The Labute approximate surface area is 122 Å². The molecule has 0 bridgehead atoms. The van der Waals surface area contributed by atoms with Crippen molar-refractivity contribution in [1.82, 2.24) is 5.32 Å². The molecule has 20 heavy (non-hydrogen) atoms. The van der Waals surface area contributed by atoms with Crippen LogP contribution in [-0.4, -0.2) is 6.54 Å². The Hall–Kier alpha value is -1.28. The summed E-state index contributed by atoms with van der Waals surface area (Å²) in [5.41, 5.74) is 3.81. The highest BCUT2D eigenvalue weighted by atomic mass is 16.3. The zero-order chi connectivity index (χ0) is 14.9. The monoisotopic (exact) mass is 273 g/mol. The van der Waals surface area contributed by atoms with E-state index in [9.17, 15) is 0 Å². The highest BCUT2D eigenvalue weighted by Crippen LogP contribution is 2.37. The first-order valence-electron chi connectivity index (χ1n) is 7.61. The summed E-state index contributed by atoms with van der Waals surface area (Å²) in [4.78, 5) is 0. The van der Waals surface area contributed by atoms with Gasteiger partial charge in [-0.3, -0.25) is 0 Å². The molecule has 0 unspecified atom stereocenters. The van der Waals surface area contributed by atoms with Crippen molar-refractivity contribution in [2.24, 2.45) is 0 Å². The molecular weight excluding hydrogens is 246 g/mol. The van der Waals surface area contributed by atoms with Crippen molar-refractivity contribution >= 4 is 11.0 Å². The van der Waals surface area contributed by atoms with Gasteiger partial charge < -0.3 is 9.73 Å². The van der Waals surface area contributed by atoms with Gasteiger partial charge in [0.1, 0.15) is 11.3 Å². The van der Waals surface area contributed by atoms with Crippen molar-refractivity contribution in [2.45, 2.75) is 59.4 Å². The molecule has 0 aliphatic carbocycles. The lowest BCUT2D eigenvalue weighted by molar-refractivity contribution is 0.497. The summed E-state index contributed by atoms with van der Waals surface area (Å²) < 4.78 is 6.26. The second-order valence-corrected chi connectivity index (χ2v) is 6.81. The predicted molar refractivity (Wildman–Crippen MR) is 86.4 cm³/mol. The fraction of sp³-hybridized carbons (Fsp3) is 0.556. The molecule has 2 heteroatoms. The number of furan rings is 1. The van der Waals surface area contributed by atoms with Crippen molar-refractivity contribution in [3.8, 4) is 0 Å². The predicted octanol–water partition coefficient (Wildman–Crippen LogP) is 4.96. The lowest BCUT2D eigenvalue weighted by atomic mass is 9.85. The molecule has 0 saturated carbocycles. The second kappa shape index (κ2) is 5.61. The number of benzene rings is 1. The minimum atomic E-state index is 0.0983. The van der Waals surface area contributed by atoms with E-state index in [0.29, 0.717) is 5.92 Å². The number of hydrogen-bond donors (Lipinski definition) is 1. The number of rotatable bonds is 4. The highest BCUT2D eigenvalue weighted by Gasteiger charge is 2.23. The van der Waals surface area contributed by atoms with Crippen LogP contribution in [0.2, 0.25) is 0 Å². The van der Waals surface area contributed by atoms with Crippen LogP contribution in [0.5, 0.6) is 0 Å². The van der Waals surface area contributed by atoms with Gasteiger partial charge in [0, 0.05) is 16.5 Å². The first kappa shape index (κ1) is 15.1. The average Bonchev–Trinajstić information content (AvgIpc) is 2.72. The molecule has 0 atom stereocenters. The SMILES string of the molecule is CCNCc1oc2c(C(C)(C)C)cccc2c1C(C)C. The molecule has 0 amide bonds. The Morgan fingerprint density at radius 1 is 1.20 bits per heavy atom. The van der Waals surface area contributed by atoms with Crippen LogP contribution in [0.3, 0.4) is 0 Å². The topological polar surface area (TPSA) is 25.2 Å². The van der Waals surface area contributed by atoms with Crippen LogP contribution in [0.25, 0.3) is 11.0 Å². The van der Waals surface area contributed by atoms with Crippen LogP contribution in [0, 0.1) is 0 Å². The standard InChI is InChI=1S/C18H27NO/c1-7-19-11-15-16(12(2)3)13-9-8-10-14(17(13)20-15)18(4,5)6/h8-10,12,19H,7,11H2,1-6H3. The fourth-order valence-corrected chi connectivity index (χ4v) is 2.78. The zero-order valence-corrected chi connectivity index (χ0v) is 13.6. The van der Waals surface area contributed by atoms with E-state index >= 15 is 0 Å². The Balaban J connectivity index is 2.66. The van der Waals surface area contributed by atoms with Gasteiger partial charge in [0.15, 0.2) is 0 Å². The molecule has 2 aromatic rings. The minimum absolute atomic E-state index is 0.0983. The largest absolute Gasteiger partial charge is 0.459 e. The van der Waals surface area contributed by atoms with E-state index in [0.717, 1.165) is 24.4 Å². The van der Waals surface area contributed by atoms with Gasteiger partial charge in [-0.25, -0.2) is 0 Å². The molecule has 1 aromatic carbocycles.